The van der Waals surface area contributed by atoms with E-state index in [-0.39, 0.29) is 0 Å². The van der Waals surface area contributed by atoms with Crippen molar-refractivity contribution in [3.8, 4) is 0 Å². The molecule has 2 aliphatic rings. The van der Waals surface area contributed by atoms with Crippen molar-refractivity contribution in [1.29, 1.82) is 0 Å². The molecule has 2 saturated heterocycles. The number of H-pyrrole nitrogens is 1. The van der Waals surface area contributed by atoms with Gasteiger partial charge < -0.3 is 13.8 Å². The molecule has 148 valence electrons. The van der Waals surface area contributed by atoms with Crippen LogP contribution in [0.25, 0.3) is 10.4 Å². The van der Waals surface area contributed by atoms with E-state index in [4.69, 9.17) is 35.6 Å². The van der Waals surface area contributed by atoms with E-state index < -0.39 is 54.7 Å². The van der Waals surface area contributed by atoms with Crippen LogP contribution in [0.2, 0.25) is 0 Å². The van der Waals surface area contributed by atoms with Gasteiger partial charge in [-0.05, 0) is 31.2 Å². The lowest BCUT2D eigenvalue weighted by atomic mass is 10.1. The molecule has 4 atom stereocenters. The second-order valence-corrected chi connectivity index (χ2v) is 8.97. The SMILES string of the molecule is CC(C)OP1(=S)OCC2(N=[N+]=[N-])O[C@@H](n3ccc(=O)[nH]c3=O)C(F)(F)C2O1. The largest absolute Gasteiger partial charge is 0.333 e. The first-order chi connectivity index (χ1) is 12.5. The molecule has 0 bridgehead atoms. The topological polar surface area (TPSA) is 141 Å². The number of halogens is 2. The van der Waals surface area contributed by atoms with Crippen molar-refractivity contribution in [2.24, 2.45) is 5.11 Å². The quantitative estimate of drug-likeness (QED) is 0.335. The smallest absolute Gasteiger partial charge is 0.330 e. The van der Waals surface area contributed by atoms with Gasteiger partial charge in [-0.15, -0.1) is 0 Å². The van der Waals surface area contributed by atoms with Crippen LogP contribution in [-0.2, 0) is 30.1 Å². The van der Waals surface area contributed by atoms with E-state index in [0.29, 0.717) is 4.57 Å². The Hall–Kier alpha value is -1.66. The van der Waals surface area contributed by atoms with Gasteiger partial charge in [0.05, 0.1) is 12.7 Å². The summed E-state index contributed by atoms with van der Waals surface area (Å²) in [5.41, 5.74) is 4.62. The van der Waals surface area contributed by atoms with Crippen LogP contribution in [0.15, 0.2) is 27.0 Å². The highest BCUT2D eigenvalue weighted by Gasteiger charge is 2.71. The number of aromatic nitrogens is 2. The molecular weight excluding hydrogens is 411 g/mol. The van der Waals surface area contributed by atoms with Gasteiger partial charge in [-0.1, -0.05) is 5.11 Å². The number of fused-ring (bicyclic) bond motifs is 1. The summed E-state index contributed by atoms with van der Waals surface area (Å²) in [5, 5.41) is 3.30. The molecule has 2 aliphatic heterocycles. The number of hydrogen-bond donors (Lipinski definition) is 1. The zero-order valence-electron chi connectivity index (χ0n) is 13.9. The maximum Gasteiger partial charge on any atom is 0.330 e. The molecule has 3 rings (SSSR count). The van der Waals surface area contributed by atoms with Crippen molar-refractivity contribution in [2.45, 2.75) is 43.9 Å². The van der Waals surface area contributed by atoms with Gasteiger partial charge in [-0.3, -0.25) is 18.9 Å². The van der Waals surface area contributed by atoms with Crippen LogP contribution in [0.5, 0.6) is 0 Å². The highest BCUT2D eigenvalue weighted by molar-refractivity contribution is 8.07. The van der Waals surface area contributed by atoms with E-state index in [0.717, 1.165) is 12.3 Å². The summed E-state index contributed by atoms with van der Waals surface area (Å²) in [6.45, 7) is -1.01. The predicted octanol–water partition coefficient (Wildman–Crippen LogP) is 1.77. The standard InChI is InChI=1S/C12H14F2N5O6PS/c1-6(2)24-26(27)22-5-11(17-18-15)8(25-26)12(13,14)9(23-11)19-4-3-7(20)16-10(19)21/h3-4,6,8-9H,5H2,1-2H3,(H,16,20,21)/t8?,9-,11?,26?/m1/s1. The number of rotatable bonds is 4. The third-order valence-corrected chi connectivity index (χ3v) is 6.15. The first-order valence-corrected chi connectivity index (χ1v) is 10.1. The van der Waals surface area contributed by atoms with Gasteiger partial charge in [0.2, 0.25) is 12.0 Å². The second-order valence-electron chi connectivity index (χ2n) is 6.06. The van der Waals surface area contributed by atoms with Crippen LogP contribution in [0.3, 0.4) is 0 Å². The Morgan fingerprint density at radius 2 is 2.26 bits per heavy atom. The lowest BCUT2D eigenvalue weighted by Crippen LogP contribution is -2.52. The van der Waals surface area contributed by atoms with Crippen molar-refractivity contribution in [3.63, 3.8) is 0 Å². The molecule has 1 aromatic heterocycles. The van der Waals surface area contributed by atoms with Gasteiger partial charge in [0, 0.05) is 17.2 Å². The molecule has 3 unspecified atom stereocenters. The highest BCUT2D eigenvalue weighted by Crippen LogP contribution is 2.63. The monoisotopic (exact) mass is 425 g/mol. The molecule has 0 spiro atoms. The molecule has 11 nitrogen and oxygen atoms in total. The van der Waals surface area contributed by atoms with Gasteiger partial charge in [-0.2, -0.15) is 8.78 Å². The fraction of sp³-hybridized carbons (Fsp3) is 0.667. The molecule has 3 heterocycles. The molecule has 27 heavy (non-hydrogen) atoms. The summed E-state index contributed by atoms with van der Waals surface area (Å²) in [7, 11) is 0. The molecule has 1 N–H and O–H groups in total. The Balaban J connectivity index is 2.08. The Morgan fingerprint density at radius 1 is 1.56 bits per heavy atom. The first kappa shape index (κ1) is 20.1. The van der Waals surface area contributed by atoms with Gasteiger partial charge in [0.15, 0.2) is 6.10 Å². The van der Waals surface area contributed by atoms with Gasteiger partial charge in [0.25, 0.3) is 5.56 Å². The van der Waals surface area contributed by atoms with Crippen LogP contribution in [0.4, 0.5) is 8.78 Å². The van der Waals surface area contributed by atoms with E-state index in [1.807, 2.05) is 4.98 Å². The first-order valence-electron chi connectivity index (χ1n) is 7.58. The molecule has 1 aromatic rings. The zero-order valence-corrected chi connectivity index (χ0v) is 15.7. The number of azide groups is 1. The predicted molar refractivity (Wildman–Crippen MR) is 89.6 cm³/mol. The van der Waals surface area contributed by atoms with Crippen molar-refractivity contribution in [1.82, 2.24) is 9.55 Å². The third kappa shape index (κ3) is 3.45. The van der Waals surface area contributed by atoms with E-state index in [2.05, 4.69) is 10.0 Å². The van der Waals surface area contributed by atoms with E-state index in [9.17, 15) is 9.59 Å². The van der Waals surface area contributed by atoms with E-state index in [1.165, 1.54) is 0 Å². The molecule has 0 radical (unpaired) electrons. The Bertz CT molecular complexity index is 962. The van der Waals surface area contributed by atoms with Crippen LogP contribution in [0.1, 0.15) is 20.1 Å². The average molecular weight is 425 g/mol. The summed E-state index contributed by atoms with van der Waals surface area (Å²) in [5.74, 6) is -3.87. The minimum absolute atomic E-state index is 0.463. The number of nitrogens with one attached hydrogen (secondary N) is 1. The summed E-state index contributed by atoms with van der Waals surface area (Å²) < 4.78 is 51.8. The fourth-order valence-electron chi connectivity index (χ4n) is 2.71. The molecule has 2 fully saturated rings. The summed E-state index contributed by atoms with van der Waals surface area (Å²) >= 11 is 5.09. The number of ether oxygens (including phenoxy) is 1. The number of alkyl halides is 2. The van der Waals surface area contributed by atoms with Crippen molar-refractivity contribution in [2.75, 3.05) is 6.61 Å². The summed E-state index contributed by atoms with van der Waals surface area (Å²) in [6, 6.07) is 0.868. The van der Waals surface area contributed by atoms with Crippen molar-refractivity contribution >= 4 is 18.5 Å². The molecule has 0 saturated carbocycles. The fourth-order valence-corrected chi connectivity index (χ4v) is 5.23. The van der Waals surface area contributed by atoms with Crippen LogP contribution < -0.4 is 11.2 Å². The van der Waals surface area contributed by atoms with E-state index >= 15 is 8.78 Å². The maximum absolute atomic E-state index is 15.1. The zero-order chi connectivity index (χ0) is 20.0. The maximum atomic E-state index is 15.1. The average Bonchev–Trinajstić information content (AvgIpc) is 2.76. The van der Waals surface area contributed by atoms with Gasteiger partial charge in [-0.25, -0.2) is 4.79 Å². The lowest BCUT2D eigenvalue weighted by molar-refractivity contribution is -0.140. The highest BCUT2D eigenvalue weighted by atomic mass is 32.5. The number of hydrogen-bond acceptors (Lipinski definition) is 8. The Labute approximate surface area is 155 Å². The number of aromatic amines is 1. The van der Waals surface area contributed by atoms with Gasteiger partial charge >= 0.3 is 18.3 Å². The minimum Gasteiger partial charge on any atom is -0.333 e. The minimum atomic E-state index is -3.87. The van der Waals surface area contributed by atoms with E-state index in [1.54, 1.807) is 13.8 Å². The Kier molecular flexibility index (Phi) is 5.02. The van der Waals surface area contributed by atoms with Crippen LogP contribution in [-0.4, -0.2) is 40.0 Å². The van der Waals surface area contributed by atoms with Crippen LogP contribution in [0, 0.1) is 0 Å². The van der Waals surface area contributed by atoms with Crippen LogP contribution >= 0.6 is 6.72 Å². The normalized spacial score (nSPS) is 34.9. The van der Waals surface area contributed by atoms with Gasteiger partial charge in [0.1, 0.15) is 0 Å². The molecule has 0 aromatic carbocycles. The molecular formula is C12H14F2N5O6PS. The summed E-state index contributed by atoms with van der Waals surface area (Å²) in [6.07, 6.45) is -4.04. The van der Waals surface area contributed by atoms with Crippen molar-refractivity contribution < 1.29 is 27.1 Å². The number of nitrogens with zero attached hydrogens (tertiary/aromatic N) is 4. The third-order valence-electron chi connectivity index (χ3n) is 3.73. The summed E-state index contributed by atoms with van der Waals surface area (Å²) in [4.78, 5) is 27.5. The van der Waals surface area contributed by atoms with Crippen molar-refractivity contribution in [3.05, 3.63) is 43.5 Å². The molecule has 0 aliphatic carbocycles. The lowest BCUT2D eigenvalue weighted by Gasteiger charge is -2.39. The molecule has 15 heteroatoms. The Morgan fingerprint density at radius 3 is 2.85 bits per heavy atom. The second kappa shape index (κ2) is 6.74. The molecule has 0 amide bonds.